The number of ether oxygens (including phenoxy) is 1. The number of aliphatic hydroxyl groups excluding tert-OH is 1. The molecule has 4 N–H and O–H groups in total. The van der Waals surface area contributed by atoms with E-state index in [1.165, 1.54) is 7.05 Å². The Morgan fingerprint density at radius 3 is 2.29 bits per heavy atom. The third-order valence-corrected chi connectivity index (χ3v) is 3.98. The van der Waals surface area contributed by atoms with Crippen LogP contribution in [-0.2, 0) is 17.8 Å². The first kappa shape index (κ1) is 18.3. The van der Waals surface area contributed by atoms with E-state index < -0.39 is 18.1 Å². The van der Waals surface area contributed by atoms with Crippen molar-refractivity contribution in [3.8, 4) is 5.75 Å². The largest absolute Gasteiger partial charge is 0.489 e. The van der Waals surface area contributed by atoms with Crippen LogP contribution >= 0.6 is 11.6 Å². The van der Waals surface area contributed by atoms with Gasteiger partial charge in [0.25, 0.3) is 0 Å². The SMILES string of the molecule is CNC(=O)[C@@](N)(CO)Cc1ccc(OCc2ccc(Cl)cc2)cc1. The molecule has 0 saturated heterocycles. The average molecular weight is 349 g/mol. The summed E-state index contributed by atoms with van der Waals surface area (Å²) in [7, 11) is 1.49. The fourth-order valence-electron chi connectivity index (χ4n) is 2.27. The molecule has 5 nitrogen and oxygen atoms in total. The van der Waals surface area contributed by atoms with E-state index in [-0.39, 0.29) is 6.42 Å². The van der Waals surface area contributed by atoms with Gasteiger partial charge < -0.3 is 20.9 Å². The monoisotopic (exact) mass is 348 g/mol. The smallest absolute Gasteiger partial charge is 0.242 e. The van der Waals surface area contributed by atoms with Crippen molar-refractivity contribution in [3.05, 3.63) is 64.7 Å². The number of nitrogens with one attached hydrogen (secondary N) is 1. The number of aliphatic hydroxyl groups is 1. The standard InChI is InChI=1S/C18H21ClN2O3/c1-21-17(23)18(20,12-22)10-13-4-8-16(9-5-13)24-11-14-2-6-15(19)7-3-14/h2-9,22H,10-12,20H2,1H3,(H,21,23)/t18-/m0/s1. The third-order valence-electron chi connectivity index (χ3n) is 3.72. The number of hydrogen-bond donors (Lipinski definition) is 3. The molecule has 128 valence electrons. The molecule has 0 heterocycles. The number of carbonyl (C=O) groups is 1. The van der Waals surface area contributed by atoms with Crippen LogP contribution in [0.25, 0.3) is 0 Å². The number of rotatable bonds is 7. The predicted octanol–water partition coefficient (Wildman–Crippen LogP) is 1.90. The summed E-state index contributed by atoms with van der Waals surface area (Å²) in [6.45, 7) is 0.00765. The Kier molecular flexibility index (Phi) is 6.20. The summed E-state index contributed by atoms with van der Waals surface area (Å²) in [4.78, 5) is 11.8. The lowest BCUT2D eigenvalue weighted by atomic mass is 9.91. The summed E-state index contributed by atoms with van der Waals surface area (Å²) in [5, 5.41) is 12.6. The number of nitrogens with two attached hydrogens (primary N) is 1. The second-order valence-electron chi connectivity index (χ2n) is 5.63. The van der Waals surface area contributed by atoms with E-state index in [2.05, 4.69) is 5.32 Å². The molecule has 1 amide bonds. The Bertz CT molecular complexity index is 674. The number of benzene rings is 2. The molecule has 24 heavy (non-hydrogen) atoms. The van der Waals surface area contributed by atoms with Crippen molar-refractivity contribution in [2.75, 3.05) is 13.7 Å². The van der Waals surface area contributed by atoms with Crippen molar-refractivity contribution in [2.45, 2.75) is 18.6 Å². The van der Waals surface area contributed by atoms with Crippen LogP contribution in [0.2, 0.25) is 5.02 Å². The Balaban J connectivity index is 1.97. The van der Waals surface area contributed by atoms with Gasteiger partial charge in [0.05, 0.1) is 6.61 Å². The molecule has 0 unspecified atom stereocenters. The van der Waals surface area contributed by atoms with E-state index >= 15 is 0 Å². The van der Waals surface area contributed by atoms with Gasteiger partial charge in [0, 0.05) is 18.5 Å². The molecule has 0 aliphatic rings. The van der Waals surface area contributed by atoms with E-state index in [0.717, 1.165) is 11.1 Å². The Morgan fingerprint density at radius 2 is 1.75 bits per heavy atom. The van der Waals surface area contributed by atoms with Crippen LogP contribution in [0.15, 0.2) is 48.5 Å². The summed E-state index contributed by atoms with van der Waals surface area (Å²) in [6, 6.07) is 14.7. The van der Waals surface area contributed by atoms with Crippen LogP contribution in [0, 0.1) is 0 Å². The molecule has 0 aliphatic heterocycles. The van der Waals surface area contributed by atoms with Gasteiger partial charge in [-0.3, -0.25) is 4.79 Å². The lowest BCUT2D eigenvalue weighted by Gasteiger charge is -2.25. The Hall–Kier alpha value is -2.08. The van der Waals surface area contributed by atoms with Crippen molar-refractivity contribution in [3.63, 3.8) is 0 Å². The molecule has 1 atom stereocenters. The molecule has 0 spiro atoms. The molecule has 6 heteroatoms. The maximum atomic E-state index is 11.8. The van der Waals surface area contributed by atoms with Gasteiger partial charge in [-0.2, -0.15) is 0 Å². The van der Waals surface area contributed by atoms with E-state index in [9.17, 15) is 9.90 Å². The van der Waals surface area contributed by atoms with E-state index in [1.54, 1.807) is 0 Å². The molecule has 0 saturated carbocycles. The van der Waals surface area contributed by atoms with Crippen molar-refractivity contribution in [1.29, 1.82) is 0 Å². The van der Waals surface area contributed by atoms with Crippen LogP contribution in [0.1, 0.15) is 11.1 Å². The molecule has 0 aliphatic carbocycles. The van der Waals surface area contributed by atoms with Crippen LogP contribution in [0.5, 0.6) is 5.75 Å². The van der Waals surface area contributed by atoms with Crippen molar-refractivity contribution in [2.24, 2.45) is 5.73 Å². The summed E-state index contributed by atoms with van der Waals surface area (Å²) < 4.78 is 5.71. The first-order chi connectivity index (χ1) is 11.5. The highest BCUT2D eigenvalue weighted by Crippen LogP contribution is 2.18. The lowest BCUT2D eigenvalue weighted by molar-refractivity contribution is -0.127. The highest BCUT2D eigenvalue weighted by molar-refractivity contribution is 6.30. The van der Waals surface area contributed by atoms with Gasteiger partial charge >= 0.3 is 0 Å². The third kappa shape index (κ3) is 4.71. The molecule has 0 aromatic heterocycles. The Morgan fingerprint density at radius 1 is 1.17 bits per heavy atom. The van der Waals surface area contributed by atoms with Gasteiger partial charge in [-0.15, -0.1) is 0 Å². The minimum Gasteiger partial charge on any atom is -0.489 e. The van der Waals surface area contributed by atoms with Crippen LogP contribution in [0.3, 0.4) is 0 Å². The average Bonchev–Trinajstić information content (AvgIpc) is 2.61. The zero-order valence-corrected chi connectivity index (χ0v) is 14.2. The molecule has 2 rings (SSSR count). The molecule has 0 bridgehead atoms. The minimum atomic E-state index is -1.33. The molecule has 0 radical (unpaired) electrons. The van der Waals surface area contributed by atoms with E-state index in [4.69, 9.17) is 22.1 Å². The summed E-state index contributed by atoms with van der Waals surface area (Å²) in [5.41, 5.74) is 6.49. The second kappa shape index (κ2) is 8.15. The molecule has 0 fully saturated rings. The Labute approximate surface area is 146 Å². The van der Waals surface area contributed by atoms with E-state index in [1.807, 2.05) is 48.5 Å². The molecular weight excluding hydrogens is 328 g/mol. The first-order valence-electron chi connectivity index (χ1n) is 7.55. The number of amides is 1. The molecular formula is C18H21ClN2O3. The summed E-state index contributed by atoms with van der Waals surface area (Å²) >= 11 is 5.85. The van der Waals surface area contributed by atoms with Gasteiger partial charge in [-0.1, -0.05) is 35.9 Å². The maximum absolute atomic E-state index is 11.8. The summed E-state index contributed by atoms with van der Waals surface area (Å²) in [5.74, 6) is 0.313. The van der Waals surface area contributed by atoms with Crippen LogP contribution in [-0.4, -0.2) is 30.2 Å². The van der Waals surface area contributed by atoms with Crippen LogP contribution < -0.4 is 15.8 Å². The fourth-order valence-corrected chi connectivity index (χ4v) is 2.40. The number of halogens is 1. The second-order valence-corrected chi connectivity index (χ2v) is 6.07. The highest BCUT2D eigenvalue weighted by atomic mass is 35.5. The zero-order valence-electron chi connectivity index (χ0n) is 13.5. The fraction of sp³-hybridized carbons (Fsp3) is 0.278. The number of hydrogen-bond acceptors (Lipinski definition) is 4. The van der Waals surface area contributed by atoms with E-state index in [0.29, 0.717) is 17.4 Å². The van der Waals surface area contributed by atoms with Crippen LogP contribution in [0.4, 0.5) is 0 Å². The summed E-state index contributed by atoms with van der Waals surface area (Å²) in [6.07, 6.45) is 0.237. The van der Waals surface area contributed by atoms with Crippen molar-refractivity contribution < 1.29 is 14.6 Å². The molecule has 2 aromatic rings. The number of likely N-dealkylation sites (N-methyl/N-ethyl adjacent to an activating group) is 1. The predicted molar refractivity (Wildman–Crippen MR) is 94.0 cm³/mol. The normalized spacial score (nSPS) is 13.2. The van der Waals surface area contributed by atoms with Gasteiger partial charge in [0.2, 0.25) is 5.91 Å². The minimum absolute atomic E-state index is 0.237. The lowest BCUT2D eigenvalue weighted by Crippen LogP contribution is -2.57. The van der Waals surface area contributed by atoms with Crippen molar-refractivity contribution >= 4 is 17.5 Å². The molecule has 2 aromatic carbocycles. The van der Waals surface area contributed by atoms with Gasteiger partial charge in [0.1, 0.15) is 17.9 Å². The van der Waals surface area contributed by atoms with Crippen molar-refractivity contribution in [1.82, 2.24) is 5.32 Å². The quantitative estimate of drug-likeness (QED) is 0.713. The first-order valence-corrected chi connectivity index (χ1v) is 7.93. The van der Waals surface area contributed by atoms with Gasteiger partial charge in [0.15, 0.2) is 0 Å². The zero-order chi connectivity index (χ0) is 17.6. The van der Waals surface area contributed by atoms with Gasteiger partial charge in [-0.05, 0) is 35.4 Å². The maximum Gasteiger partial charge on any atom is 0.242 e. The number of carbonyl (C=O) groups excluding carboxylic acids is 1. The van der Waals surface area contributed by atoms with Gasteiger partial charge in [-0.25, -0.2) is 0 Å². The topological polar surface area (TPSA) is 84.6 Å². The highest BCUT2D eigenvalue weighted by Gasteiger charge is 2.32.